The molecule has 0 radical (unpaired) electrons. The number of halogens is 2. The quantitative estimate of drug-likeness (QED) is 0.822. The summed E-state index contributed by atoms with van der Waals surface area (Å²) in [5.74, 6) is -5.21. The molecule has 1 saturated carbocycles. The number of phenolic OH excluding ortho intramolecular Hbond substituents is 1. The van der Waals surface area contributed by atoms with Crippen molar-refractivity contribution in [3.63, 3.8) is 0 Å². The molecular formula is C13H13F2NO4. The Morgan fingerprint density at radius 3 is 2.40 bits per heavy atom. The highest BCUT2D eigenvalue weighted by Crippen LogP contribution is 2.22. The molecule has 2 N–H and O–H groups in total. The standard InChI is InChI=1S/C13H13F2NO4/c1-6(12(18)16-8-2-3-8)20-13(19)7-4-9(14)11(17)10(15)5-7/h4-6,8,17H,2-3H2,1H3,(H,16,18)/t6-/m1/s1. The zero-order valence-corrected chi connectivity index (χ0v) is 10.7. The molecule has 108 valence electrons. The number of ether oxygens (including phenoxy) is 1. The van der Waals surface area contributed by atoms with E-state index in [0.29, 0.717) is 12.1 Å². The second-order valence-electron chi connectivity index (χ2n) is 4.62. The minimum Gasteiger partial charge on any atom is -0.503 e. The third-order valence-electron chi connectivity index (χ3n) is 2.83. The van der Waals surface area contributed by atoms with E-state index in [4.69, 9.17) is 9.84 Å². The zero-order valence-electron chi connectivity index (χ0n) is 10.7. The fourth-order valence-corrected chi connectivity index (χ4v) is 1.51. The predicted molar refractivity (Wildman–Crippen MR) is 64.1 cm³/mol. The van der Waals surface area contributed by atoms with Gasteiger partial charge in [0.2, 0.25) is 0 Å². The summed E-state index contributed by atoms with van der Waals surface area (Å²) in [6, 6.07) is 1.41. The predicted octanol–water partition coefficient (Wildman–Crippen LogP) is 1.49. The topological polar surface area (TPSA) is 75.6 Å². The average Bonchev–Trinajstić information content (AvgIpc) is 3.18. The van der Waals surface area contributed by atoms with E-state index in [2.05, 4.69) is 5.32 Å². The first-order chi connectivity index (χ1) is 9.38. The number of phenols is 1. The van der Waals surface area contributed by atoms with Crippen molar-refractivity contribution in [3.8, 4) is 5.75 Å². The Balaban J connectivity index is 2.01. The highest BCUT2D eigenvalue weighted by atomic mass is 19.1. The molecule has 7 heteroatoms. The molecule has 0 saturated heterocycles. The van der Waals surface area contributed by atoms with Gasteiger partial charge < -0.3 is 15.2 Å². The van der Waals surface area contributed by atoms with E-state index in [9.17, 15) is 18.4 Å². The summed E-state index contributed by atoms with van der Waals surface area (Å²) in [5, 5.41) is 11.6. The van der Waals surface area contributed by atoms with Gasteiger partial charge in [0.25, 0.3) is 5.91 Å². The van der Waals surface area contributed by atoms with E-state index in [0.717, 1.165) is 12.8 Å². The second-order valence-corrected chi connectivity index (χ2v) is 4.62. The van der Waals surface area contributed by atoms with E-state index in [-0.39, 0.29) is 6.04 Å². The Morgan fingerprint density at radius 1 is 1.35 bits per heavy atom. The molecule has 20 heavy (non-hydrogen) atoms. The Labute approximate surface area is 113 Å². The molecule has 0 heterocycles. The molecule has 0 bridgehead atoms. The molecule has 1 aliphatic rings. The number of esters is 1. The fraction of sp³-hybridized carbons (Fsp3) is 0.385. The van der Waals surface area contributed by atoms with Crippen molar-refractivity contribution in [2.24, 2.45) is 0 Å². The van der Waals surface area contributed by atoms with Gasteiger partial charge in [-0.1, -0.05) is 0 Å². The number of carbonyl (C=O) groups excluding carboxylic acids is 2. The average molecular weight is 285 g/mol. The number of carbonyl (C=O) groups is 2. The number of nitrogens with one attached hydrogen (secondary N) is 1. The van der Waals surface area contributed by atoms with Crippen molar-refractivity contribution in [2.45, 2.75) is 31.9 Å². The first-order valence-corrected chi connectivity index (χ1v) is 6.08. The van der Waals surface area contributed by atoms with Gasteiger partial charge in [-0.15, -0.1) is 0 Å². The second kappa shape index (κ2) is 5.44. The molecule has 2 rings (SSSR count). The number of benzene rings is 1. The van der Waals surface area contributed by atoms with Gasteiger partial charge in [-0.3, -0.25) is 4.79 Å². The maximum atomic E-state index is 13.1. The lowest BCUT2D eigenvalue weighted by molar-refractivity contribution is -0.129. The van der Waals surface area contributed by atoms with Crippen LogP contribution in [0.3, 0.4) is 0 Å². The van der Waals surface area contributed by atoms with Crippen LogP contribution in [0.4, 0.5) is 8.78 Å². The van der Waals surface area contributed by atoms with E-state index in [1.165, 1.54) is 6.92 Å². The fourth-order valence-electron chi connectivity index (χ4n) is 1.51. The summed E-state index contributed by atoms with van der Waals surface area (Å²) < 4.78 is 31.0. The van der Waals surface area contributed by atoms with Crippen LogP contribution in [0, 0.1) is 11.6 Å². The summed E-state index contributed by atoms with van der Waals surface area (Å²) in [6.07, 6.45) is 0.713. The maximum absolute atomic E-state index is 13.1. The van der Waals surface area contributed by atoms with Crippen molar-refractivity contribution in [3.05, 3.63) is 29.3 Å². The van der Waals surface area contributed by atoms with Crippen LogP contribution in [0.25, 0.3) is 0 Å². The summed E-state index contributed by atoms with van der Waals surface area (Å²) >= 11 is 0. The van der Waals surface area contributed by atoms with E-state index < -0.39 is 40.9 Å². The Morgan fingerprint density at radius 2 is 1.90 bits per heavy atom. The molecule has 1 amide bonds. The highest BCUT2D eigenvalue weighted by molar-refractivity contribution is 5.92. The van der Waals surface area contributed by atoms with E-state index in [1.807, 2.05) is 0 Å². The monoisotopic (exact) mass is 285 g/mol. The molecule has 1 fully saturated rings. The molecular weight excluding hydrogens is 272 g/mol. The van der Waals surface area contributed by atoms with Crippen LogP contribution in [0.15, 0.2) is 12.1 Å². The van der Waals surface area contributed by atoms with Gasteiger partial charge in [0.15, 0.2) is 23.5 Å². The lowest BCUT2D eigenvalue weighted by Crippen LogP contribution is -2.37. The van der Waals surface area contributed by atoms with Crippen LogP contribution in [-0.2, 0) is 9.53 Å². The molecule has 1 atom stereocenters. The maximum Gasteiger partial charge on any atom is 0.339 e. The first-order valence-electron chi connectivity index (χ1n) is 6.08. The highest BCUT2D eigenvalue weighted by Gasteiger charge is 2.27. The number of hydrogen-bond acceptors (Lipinski definition) is 4. The van der Waals surface area contributed by atoms with E-state index in [1.54, 1.807) is 0 Å². The number of rotatable bonds is 4. The van der Waals surface area contributed by atoms with Crippen molar-refractivity contribution >= 4 is 11.9 Å². The van der Waals surface area contributed by atoms with Gasteiger partial charge in [-0.25, -0.2) is 13.6 Å². The Bertz CT molecular complexity index is 534. The number of hydrogen-bond donors (Lipinski definition) is 2. The summed E-state index contributed by atoms with van der Waals surface area (Å²) in [6.45, 7) is 1.36. The SMILES string of the molecule is C[C@@H](OC(=O)c1cc(F)c(O)c(F)c1)C(=O)NC1CC1. The van der Waals surface area contributed by atoms with Crippen molar-refractivity contribution in [1.82, 2.24) is 5.32 Å². The van der Waals surface area contributed by atoms with Gasteiger partial charge in [-0.05, 0) is 31.9 Å². The van der Waals surface area contributed by atoms with Gasteiger partial charge in [0.1, 0.15) is 0 Å². The third-order valence-corrected chi connectivity index (χ3v) is 2.83. The molecule has 5 nitrogen and oxygen atoms in total. The largest absolute Gasteiger partial charge is 0.503 e. The van der Waals surface area contributed by atoms with Gasteiger partial charge in [0.05, 0.1) is 5.56 Å². The smallest absolute Gasteiger partial charge is 0.339 e. The van der Waals surface area contributed by atoms with Crippen LogP contribution in [0.2, 0.25) is 0 Å². The van der Waals surface area contributed by atoms with Gasteiger partial charge >= 0.3 is 5.97 Å². The lowest BCUT2D eigenvalue weighted by Gasteiger charge is -2.13. The van der Waals surface area contributed by atoms with Crippen LogP contribution in [0.5, 0.6) is 5.75 Å². The van der Waals surface area contributed by atoms with Crippen LogP contribution < -0.4 is 5.32 Å². The molecule has 1 aliphatic carbocycles. The lowest BCUT2D eigenvalue weighted by atomic mass is 10.2. The number of aromatic hydroxyl groups is 1. The molecule has 0 spiro atoms. The van der Waals surface area contributed by atoms with Crippen LogP contribution in [-0.4, -0.2) is 29.1 Å². The minimum atomic E-state index is -1.27. The molecule has 1 aromatic carbocycles. The summed E-state index contributed by atoms with van der Waals surface area (Å²) in [5.41, 5.74) is -0.413. The van der Waals surface area contributed by atoms with E-state index >= 15 is 0 Å². The molecule has 0 aliphatic heterocycles. The van der Waals surface area contributed by atoms with Crippen LogP contribution >= 0.6 is 0 Å². The molecule has 0 unspecified atom stereocenters. The van der Waals surface area contributed by atoms with Crippen molar-refractivity contribution < 1.29 is 28.2 Å². The van der Waals surface area contributed by atoms with Gasteiger partial charge in [0, 0.05) is 6.04 Å². The Hall–Kier alpha value is -2.18. The first kappa shape index (κ1) is 14.2. The van der Waals surface area contributed by atoms with Crippen molar-refractivity contribution in [2.75, 3.05) is 0 Å². The van der Waals surface area contributed by atoms with Crippen molar-refractivity contribution in [1.29, 1.82) is 0 Å². The normalized spacial score (nSPS) is 15.6. The minimum absolute atomic E-state index is 0.118. The Kier molecular flexibility index (Phi) is 3.87. The van der Waals surface area contributed by atoms with Crippen LogP contribution in [0.1, 0.15) is 30.1 Å². The third kappa shape index (κ3) is 3.23. The summed E-state index contributed by atoms with van der Waals surface area (Å²) in [7, 11) is 0. The molecule has 0 aromatic heterocycles. The van der Waals surface area contributed by atoms with Gasteiger partial charge in [-0.2, -0.15) is 0 Å². The number of amides is 1. The molecule has 1 aromatic rings. The zero-order chi connectivity index (χ0) is 14.9. The summed E-state index contributed by atoms with van der Waals surface area (Å²) in [4.78, 5) is 23.2.